The number of nitrogens with zero attached hydrogens (tertiary/aromatic N) is 1. The first kappa shape index (κ1) is 16.3. The van der Waals surface area contributed by atoms with Gasteiger partial charge in [0.25, 0.3) is 0 Å². The summed E-state index contributed by atoms with van der Waals surface area (Å²) < 4.78 is 1.39. The topological polar surface area (TPSA) is 15.3 Å². The summed E-state index contributed by atoms with van der Waals surface area (Å²) in [7, 11) is 3.62. The predicted octanol–water partition coefficient (Wildman–Crippen LogP) is 4.90. The van der Waals surface area contributed by atoms with Gasteiger partial charge < -0.3 is 5.09 Å². The largest absolute Gasteiger partial charge is 0.343 e. The van der Waals surface area contributed by atoms with Gasteiger partial charge in [-0.05, 0) is 61.0 Å². The second-order valence-corrected chi connectivity index (χ2v) is 12.3. The van der Waals surface area contributed by atoms with E-state index in [9.17, 15) is 0 Å². The molecule has 1 rings (SSSR count). The lowest BCUT2D eigenvalue weighted by Crippen LogP contribution is -2.24. The van der Waals surface area contributed by atoms with Crippen molar-refractivity contribution in [2.45, 2.75) is 3.53 Å². The number of alkyl halides is 3. The first-order valence-electron chi connectivity index (χ1n) is 4.55. The highest BCUT2D eigenvalue weighted by atomic mass is 127. The normalized spacial score (nSPS) is 15.7. The molecule has 0 spiro atoms. The van der Waals surface area contributed by atoms with Gasteiger partial charge in [-0.15, -0.1) is 0 Å². The van der Waals surface area contributed by atoms with Crippen LogP contribution in [0.1, 0.15) is 0 Å². The summed E-state index contributed by atoms with van der Waals surface area (Å²) in [4.78, 5) is 0. The van der Waals surface area contributed by atoms with E-state index in [1.54, 1.807) is 4.67 Å². The third-order valence-corrected chi connectivity index (χ3v) is 10.3. The number of rotatable bonds is 3. The van der Waals surface area contributed by atoms with Gasteiger partial charge in [0.05, 0.1) is 0 Å². The zero-order valence-corrected chi connectivity index (χ0v) is 15.3. The summed E-state index contributed by atoms with van der Waals surface area (Å²) in [5, 5.41) is 3.17. The molecule has 0 aliphatic heterocycles. The van der Waals surface area contributed by atoms with E-state index >= 15 is 0 Å². The Bertz CT molecular complexity index is 433. The average Bonchev–Trinajstić information content (AvgIpc) is 2.19. The molecule has 17 heavy (non-hydrogen) atoms. The Hall–Kier alpha value is 1.23. The van der Waals surface area contributed by atoms with Gasteiger partial charge in [0.2, 0.25) is 3.53 Å². The Morgan fingerprint density at radius 1 is 1.24 bits per heavy atom. The van der Waals surface area contributed by atoms with Crippen LogP contribution in [0.3, 0.4) is 0 Å². The second kappa shape index (κ2) is 6.12. The fourth-order valence-corrected chi connectivity index (χ4v) is 4.79. The summed E-state index contributed by atoms with van der Waals surface area (Å²) in [6.07, 6.45) is -2.50. The lowest BCUT2D eigenvalue weighted by atomic mass is 10.3. The van der Waals surface area contributed by atoms with Crippen molar-refractivity contribution < 1.29 is 0 Å². The Kier molecular flexibility index (Phi) is 5.86. The van der Waals surface area contributed by atoms with E-state index in [2.05, 4.69) is 27.7 Å². The van der Waals surface area contributed by atoms with Crippen molar-refractivity contribution in [3.8, 4) is 0 Å². The van der Waals surface area contributed by atoms with Crippen molar-refractivity contribution >= 4 is 81.2 Å². The van der Waals surface area contributed by atoms with Gasteiger partial charge in [-0.25, -0.2) is 0 Å². The molecular weight excluding hydrogens is 432 g/mol. The minimum atomic E-state index is -2.50. The maximum absolute atomic E-state index is 5.99. The summed E-state index contributed by atoms with van der Waals surface area (Å²) >= 11 is 25.7. The number of anilines is 1. The quantitative estimate of drug-likeness (QED) is 0.406. The van der Waals surface area contributed by atoms with Crippen LogP contribution in [0.2, 0.25) is 0 Å². The molecule has 1 unspecified atom stereocenters. The molecule has 8 heteroatoms. The third-order valence-electron chi connectivity index (χ3n) is 2.03. The van der Waals surface area contributed by atoms with Crippen LogP contribution in [0.25, 0.3) is 0 Å². The molecular formula is C9H11Cl3IN2PS. The molecule has 0 aliphatic carbocycles. The molecule has 0 bridgehead atoms. The first-order chi connectivity index (χ1) is 7.67. The van der Waals surface area contributed by atoms with Crippen LogP contribution in [-0.4, -0.2) is 22.3 Å². The number of hydrogen-bond acceptors (Lipinski definition) is 1. The first-order valence-corrected chi connectivity index (χ1v) is 9.52. The monoisotopic (exact) mass is 442 g/mol. The van der Waals surface area contributed by atoms with Gasteiger partial charge in [0.15, 0.2) is 0 Å². The Morgan fingerprint density at radius 2 is 1.71 bits per heavy atom. The van der Waals surface area contributed by atoms with Crippen LogP contribution in [-0.2, 0) is 11.8 Å². The highest BCUT2D eigenvalue weighted by Crippen LogP contribution is 2.65. The lowest BCUT2D eigenvalue weighted by Gasteiger charge is -2.35. The van der Waals surface area contributed by atoms with Gasteiger partial charge in [0, 0.05) is 9.26 Å². The van der Waals surface area contributed by atoms with Crippen molar-refractivity contribution in [3.63, 3.8) is 0 Å². The van der Waals surface area contributed by atoms with E-state index < -0.39 is 9.87 Å². The van der Waals surface area contributed by atoms with Gasteiger partial charge in [-0.2, -0.15) is 0 Å². The Balaban J connectivity index is 3.04. The van der Waals surface area contributed by atoms with Crippen molar-refractivity contribution in [3.05, 3.63) is 27.8 Å². The maximum Gasteiger partial charge on any atom is 0.248 e. The summed E-state index contributed by atoms with van der Waals surface area (Å²) in [5.41, 5.74) is 0.855. The highest BCUT2D eigenvalue weighted by Gasteiger charge is 2.41. The third kappa shape index (κ3) is 4.10. The summed E-state index contributed by atoms with van der Waals surface area (Å²) in [6.45, 7) is 0. The fourth-order valence-electron chi connectivity index (χ4n) is 1.09. The number of benzene rings is 1. The van der Waals surface area contributed by atoms with Crippen molar-refractivity contribution in [2.75, 3.05) is 19.2 Å². The number of nitrogens with one attached hydrogen (secondary N) is 1. The molecule has 0 amide bonds. The number of hydrogen-bond donors (Lipinski definition) is 1. The molecule has 0 saturated carbocycles. The lowest BCUT2D eigenvalue weighted by molar-refractivity contribution is 0.676. The zero-order valence-electron chi connectivity index (χ0n) is 9.12. The van der Waals surface area contributed by atoms with Gasteiger partial charge in [-0.3, -0.25) is 4.67 Å². The molecule has 0 saturated heterocycles. The molecule has 1 N–H and O–H groups in total. The molecule has 1 aromatic carbocycles. The molecule has 0 radical (unpaired) electrons. The SMILES string of the molecule is CN(C)P(=S)(Nc1ccc(I)cc1)C(Cl)(Cl)Cl. The van der Waals surface area contributed by atoms with Crippen LogP contribution in [0.4, 0.5) is 5.69 Å². The van der Waals surface area contributed by atoms with Crippen molar-refractivity contribution in [2.24, 2.45) is 0 Å². The average molecular weight is 444 g/mol. The Labute approximate surface area is 135 Å². The molecule has 96 valence electrons. The van der Waals surface area contributed by atoms with Gasteiger partial charge in [-0.1, -0.05) is 46.6 Å². The minimum absolute atomic E-state index is 0.855. The van der Waals surface area contributed by atoms with E-state index in [-0.39, 0.29) is 0 Å². The smallest absolute Gasteiger partial charge is 0.248 e. The van der Waals surface area contributed by atoms with Crippen LogP contribution in [0.15, 0.2) is 24.3 Å². The molecule has 2 nitrogen and oxygen atoms in total. The number of halogens is 4. The zero-order chi connectivity index (χ0) is 13.3. The van der Waals surface area contributed by atoms with Gasteiger partial charge in [0.1, 0.15) is 6.34 Å². The summed E-state index contributed by atoms with van der Waals surface area (Å²) in [6, 6.07) is 7.78. The maximum atomic E-state index is 5.99. The molecule has 0 fully saturated rings. The fraction of sp³-hybridized carbons (Fsp3) is 0.333. The van der Waals surface area contributed by atoms with Crippen molar-refractivity contribution in [1.29, 1.82) is 0 Å². The molecule has 0 aromatic heterocycles. The summed E-state index contributed by atoms with van der Waals surface area (Å²) in [5.74, 6) is 0. The molecule has 0 heterocycles. The van der Waals surface area contributed by atoms with Crippen LogP contribution in [0.5, 0.6) is 0 Å². The van der Waals surface area contributed by atoms with Crippen LogP contribution < -0.4 is 5.09 Å². The van der Waals surface area contributed by atoms with E-state index in [1.807, 2.05) is 38.4 Å². The van der Waals surface area contributed by atoms with Crippen LogP contribution in [0, 0.1) is 3.57 Å². The second-order valence-electron chi connectivity index (χ2n) is 3.51. The van der Waals surface area contributed by atoms with E-state index in [1.165, 1.54) is 0 Å². The van der Waals surface area contributed by atoms with E-state index in [4.69, 9.17) is 46.6 Å². The standard InChI is InChI=1S/C9H11Cl3IN2PS/c1-15(2)16(17,9(10,11)12)14-8-5-3-7(13)4-6-8/h3-6H,1-2H3,(H,14,17). The predicted molar refractivity (Wildman–Crippen MR) is 91.0 cm³/mol. The van der Waals surface area contributed by atoms with E-state index in [0.29, 0.717) is 0 Å². The Morgan fingerprint density at radius 3 is 2.06 bits per heavy atom. The minimum Gasteiger partial charge on any atom is -0.343 e. The highest BCUT2D eigenvalue weighted by molar-refractivity contribution is 14.1. The molecule has 1 aromatic rings. The molecule has 0 aliphatic rings. The molecule has 1 atom stereocenters. The van der Waals surface area contributed by atoms with E-state index in [0.717, 1.165) is 9.26 Å². The van der Waals surface area contributed by atoms with Gasteiger partial charge >= 0.3 is 0 Å². The van der Waals surface area contributed by atoms with Crippen LogP contribution >= 0.6 is 63.7 Å². The van der Waals surface area contributed by atoms with Crippen molar-refractivity contribution in [1.82, 2.24) is 4.67 Å².